The molecule has 1 saturated carbocycles. The Morgan fingerprint density at radius 1 is 1.27 bits per heavy atom. The van der Waals surface area contributed by atoms with Crippen molar-refractivity contribution in [2.24, 2.45) is 7.05 Å². The maximum Gasteiger partial charge on any atom is 0.272 e. The average Bonchev–Trinajstić information content (AvgIpc) is 3.05. The molecule has 1 fully saturated rings. The summed E-state index contributed by atoms with van der Waals surface area (Å²) >= 11 is 0. The summed E-state index contributed by atoms with van der Waals surface area (Å²) in [5, 5.41) is 17.5. The van der Waals surface area contributed by atoms with Gasteiger partial charge in [-0.15, -0.1) is 0 Å². The lowest BCUT2D eigenvalue weighted by molar-refractivity contribution is -0.0513. The van der Waals surface area contributed by atoms with E-state index in [-0.39, 0.29) is 18.1 Å². The Labute approximate surface area is 152 Å². The van der Waals surface area contributed by atoms with Gasteiger partial charge in [0.2, 0.25) is 0 Å². The molecule has 0 aliphatic heterocycles. The van der Waals surface area contributed by atoms with Crippen molar-refractivity contribution in [3.8, 4) is 17.0 Å². The molecule has 26 heavy (non-hydrogen) atoms. The summed E-state index contributed by atoms with van der Waals surface area (Å²) in [6.45, 7) is 0. The Bertz CT molecular complexity index is 757. The number of nitrogens with one attached hydrogen (secondary N) is 1. The van der Waals surface area contributed by atoms with Gasteiger partial charge >= 0.3 is 0 Å². The fourth-order valence-electron chi connectivity index (χ4n) is 3.41. The average molecular weight is 359 g/mol. The molecule has 7 nitrogen and oxygen atoms in total. The number of carbonyl (C=O) groups excluding carboxylic acids is 1. The van der Waals surface area contributed by atoms with E-state index in [0.717, 1.165) is 36.3 Å². The van der Waals surface area contributed by atoms with Crippen LogP contribution in [0.2, 0.25) is 0 Å². The van der Waals surface area contributed by atoms with Gasteiger partial charge in [-0.05, 0) is 49.6 Å². The van der Waals surface area contributed by atoms with E-state index in [1.165, 1.54) is 0 Å². The molecule has 1 aliphatic rings. The van der Waals surface area contributed by atoms with Gasteiger partial charge in [0.1, 0.15) is 11.9 Å². The minimum atomic E-state index is -0.706. The number of nitrogens with zero attached hydrogens (tertiary/aromatic N) is 2. The van der Waals surface area contributed by atoms with E-state index in [1.54, 1.807) is 32.0 Å². The number of rotatable bonds is 5. The molecular formula is C19H25N3O4. The Morgan fingerprint density at radius 3 is 2.65 bits per heavy atom. The summed E-state index contributed by atoms with van der Waals surface area (Å²) in [7, 11) is 5.00. The second-order valence-corrected chi connectivity index (χ2v) is 6.54. The number of benzene rings is 1. The van der Waals surface area contributed by atoms with Gasteiger partial charge in [0.25, 0.3) is 5.91 Å². The number of methoxy groups -OCH3 is 2. The number of aliphatic hydroxyl groups is 1. The van der Waals surface area contributed by atoms with Crippen LogP contribution in [0.15, 0.2) is 30.3 Å². The molecule has 2 aromatic rings. The molecule has 140 valence electrons. The third-order valence-corrected chi connectivity index (χ3v) is 4.91. The summed E-state index contributed by atoms with van der Waals surface area (Å²) in [4.78, 5) is 12.6. The molecule has 0 spiro atoms. The van der Waals surface area contributed by atoms with E-state index in [1.807, 2.05) is 24.3 Å². The molecule has 1 aromatic heterocycles. The monoisotopic (exact) mass is 359 g/mol. The zero-order valence-electron chi connectivity index (χ0n) is 15.3. The van der Waals surface area contributed by atoms with Crippen molar-refractivity contribution < 1.29 is 19.4 Å². The van der Waals surface area contributed by atoms with E-state index in [9.17, 15) is 9.90 Å². The van der Waals surface area contributed by atoms with Gasteiger partial charge in [-0.25, -0.2) is 0 Å². The molecule has 0 radical (unpaired) electrons. The minimum absolute atomic E-state index is 0.243. The zero-order chi connectivity index (χ0) is 18.7. The molecule has 0 unspecified atom stereocenters. The first kappa shape index (κ1) is 18.4. The van der Waals surface area contributed by atoms with Crippen molar-refractivity contribution in [2.75, 3.05) is 14.2 Å². The fourth-order valence-corrected chi connectivity index (χ4v) is 3.41. The highest BCUT2D eigenvalue weighted by molar-refractivity contribution is 5.93. The predicted octanol–water partition coefficient (Wildman–Crippen LogP) is 1.75. The van der Waals surface area contributed by atoms with E-state index >= 15 is 0 Å². The van der Waals surface area contributed by atoms with Crippen LogP contribution in [0.3, 0.4) is 0 Å². The number of aryl methyl sites for hydroxylation is 1. The van der Waals surface area contributed by atoms with Crippen LogP contribution in [-0.4, -0.2) is 53.3 Å². The van der Waals surface area contributed by atoms with Crippen LogP contribution in [0.1, 0.15) is 29.8 Å². The lowest BCUT2D eigenvalue weighted by Gasteiger charge is -2.34. The van der Waals surface area contributed by atoms with Gasteiger partial charge in [-0.1, -0.05) is 0 Å². The maximum absolute atomic E-state index is 12.6. The molecule has 1 heterocycles. The standard InChI is InChI=1S/C19H25N3O4/c1-22-16(12-7-9-13(25-2)10-8-12)11-15(21-22)19(24)20-14-5-4-6-17(26-3)18(14)23/h7-11,14,17-18,23H,4-6H2,1-3H3,(H,20,24)/t14-,17-,18-/m1/s1. The largest absolute Gasteiger partial charge is 0.497 e. The number of aromatic nitrogens is 2. The Balaban J connectivity index is 1.74. The van der Waals surface area contributed by atoms with Crippen LogP contribution in [0, 0.1) is 0 Å². The first-order chi connectivity index (χ1) is 12.5. The third kappa shape index (κ3) is 3.73. The fraction of sp³-hybridized carbons (Fsp3) is 0.474. The molecule has 1 aromatic carbocycles. The molecule has 7 heteroatoms. The van der Waals surface area contributed by atoms with E-state index < -0.39 is 6.10 Å². The van der Waals surface area contributed by atoms with Crippen molar-refractivity contribution in [3.05, 3.63) is 36.0 Å². The Morgan fingerprint density at radius 2 is 2.00 bits per heavy atom. The highest BCUT2D eigenvalue weighted by Crippen LogP contribution is 2.24. The zero-order valence-corrected chi connectivity index (χ0v) is 15.3. The van der Waals surface area contributed by atoms with Crippen LogP contribution in [-0.2, 0) is 11.8 Å². The number of aliphatic hydroxyl groups excluding tert-OH is 1. The topological polar surface area (TPSA) is 85.6 Å². The molecular weight excluding hydrogens is 334 g/mol. The summed E-state index contributed by atoms with van der Waals surface area (Å²) in [5.74, 6) is 0.481. The second kappa shape index (κ2) is 7.88. The number of hydrogen-bond donors (Lipinski definition) is 2. The van der Waals surface area contributed by atoms with Crippen molar-refractivity contribution in [2.45, 2.75) is 37.5 Å². The van der Waals surface area contributed by atoms with Crippen molar-refractivity contribution >= 4 is 5.91 Å². The Kier molecular flexibility index (Phi) is 5.58. The van der Waals surface area contributed by atoms with E-state index in [0.29, 0.717) is 5.69 Å². The van der Waals surface area contributed by atoms with Crippen molar-refractivity contribution in [3.63, 3.8) is 0 Å². The first-order valence-electron chi connectivity index (χ1n) is 8.73. The quantitative estimate of drug-likeness (QED) is 0.850. The lowest BCUT2D eigenvalue weighted by Crippen LogP contribution is -2.51. The number of carbonyl (C=O) groups is 1. The number of hydrogen-bond acceptors (Lipinski definition) is 5. The van der Waals surface area contributed by atoms with Crippen molar-refractivity contribution in [1.82, 2.24) is 15.1 Å². The van der Waals surface area contributed by atoms with Crippen LogP contribution in [0.25, 0.3) is 11.3 Å². The number of amides is 1. The van der Waals surface area contributed by atoms with Crippen LogP contribution < -0.4 is 10.1 Å². The van der Waals surface area contributed by atoms with Gasteiger partial charge in [-0.2, -0.15) is 5.10 Å². The maximum atomic E-state index is 12.6. The van der Waals surface area contributed by atoms with Crippen LogP contribution >= 0.6 is 0 Å². The molecule has 3 rings (SSSR count). The summed E-state index contributed by atoms with van der Waals surface area (Å²) < 4.78 is 12.1. The van der Waals surface area contributed by atoms with Crippen LogP contribution in [0.4, 0.5) is 0 Å². The van der Waals surface area contributed by atoms with Gasteiger partial charge < -0.3 is 19.9 Å². The highest BCUT2D eigenvalue weighted by Gasteiger charge is 2.33. The molecule has 1 aliphatic carbocycles. The first-order valence-corrected chi connectivity index (χ1v) is 8.73. The minimum Gasteiger partial charge on any atom is -0.497 e. The van der Waals surface area contributed by atoms with Gasteiger partial charge in [0.05, 0.1) is 24.9 Å². The van der Waals surface area contributed by atoms with Crippen molar-refractivity contribution in [1.29, 1.82) is 0 Å². The Hall–Kier alpha value is -2.38. The van der Waals surface area contributed by atoms with Gasteiger partial charge in [0, 0.05) is 19.7 Å². The van der Waals surface area contributed by atoms with E-state index in [4.69, 9.17) is 9.47 Å². The van der Waals surface area contributed by atoms with E-state index in [2.05, 4.69) is 10.4 Å². The van der Waals surface area contributed by atoms with Gasteiger partial charge in [-0.3, -0.25) is 9.48 Å². The smallest absolute Gasteiger partial charge is 0.272 e. The summed E-state index contributed by atoms with van der Waals surface area (Å²) in [6, 6.07) is 9.00. The summed E-state index contributed by atoms with van der Waals surface area (Å²) in [6.07, 6.45) is 1.48. The SMILES string of the molecule is COc1ccc(-c2cc(C(=O)N[C@@H]3CCC[C@@H](OC)[C@@H]3O)nn2C)cc1. The normalized spacial score (nSPS) is 22.8. The molecule has 0 bridgehead atoms. The molecule has 2 N–H and O–H groups in total. The van der Waals surface area contributed by atoms with Gasteiger partial charge in [0.15, 0.2) is 5.69 Å². The lowest BCUT2D eigenvalue weighted by atomic mass is 9.90. The molecule has 1 amide bonds. The summed E-state index contributed by atoms with van der Waals surface area (Å²) in [5.41, 5.74) is 2.10. The highest BCUT2D eigenvalue weighted by atomic mass is 16.5. The third-order valence-electron chi connectivity index (χ3n) is 4.91. The second-order valence-electron chi connectivity index (χ2n) is 6.54. The number of ether oxygens (including phenoxy) is 2. The van der Waals surface area contributed by atoms with Crippen LogP contribution in [0.5, 0.6) is 5.75 Å². The molecule has 3 atom stereocenters. The predicted molar refractivity (Wildman–Crippen MR) is 97.1 cm³/mol. The molecule has 0 saturated heterocycles.